The van der Waals surface area contributed by atoms with E-state index >= 15 is 0 Å². The van der Waals surface area contributed by atoms with Crippen molar-refractivity contribution in [3.05, 3.63) is 0 Å². The highest BCUT2D eigenvalue weighted by Crippen LogP contribution is 2.29. The Balaban J connectivity index is 1.95. The summed E-state index contributed by atoms with van der Waals surface area (Å²) in [6, 6.07) is 0. The molecule has 0 aromatic heterocycles. The summed E-state index contributed by atoms with van der Waals surface area (Å²) in [5.74, 6) is 1.32. The quantitative estimate of drug-likeness (QED) is 0.494. The van der Waals surface area contributed by atoms with Crippen LogP contribution in [0.1, 0.15) is 90.9 Å². The van der Waals surface area contributed by atoms with Gasteiger partial charge < -0.3 is 0 Å². The third kappa shape index (κ3) is 6.02. The van der Waals surface area contributed by atoms with Gasteiger partial charge in [0.25, 0.3) is 0 Å². The monoisotopic (exact) mass is 252 g/mol. The van der Waals surface area contributed by atoms with E-state index < -0.39 is 0 Å². The van der Waals surface area contributed by atoms with Crippen LogP contribution < -0.4 is 0 Å². The maximum atomic E-state index is 12.0. The number of ketones is 1. The Kier molecular flexibility index (Phi) is 8.37. The fourth-order valence-corrected chi connectivity index (χ4v) is 3.17. The molecule has 1 fully saturated rings. The molecule has 106 valence electrons. The SMILES string of the molecule is CCCCCCCCCC[C@H]1CCC[C@@H](C)C1=O. The average Bonchev–Trinajstić information content (AvgIpc) is 2.37. The molecule has 1 saturated carbocycles. The first-order valence-corrected chi connectivity index (χ1v) is 8.29. The van der Waals surface area contributed by atoms with Crippen molar-refractivity contribution in [1.82, 2.24) is 0 Å². The van der Waals surface area contributed by atoms with Gasteiger partial charge in [0.05, 0.1) is 0 Å². The van der Waals surface area contributed by atoms with Gasteiger partial charge in [-0.15, -0.1) is 0 Å². The van der Waals surface area contributed by atoms with E-state index in [1.807, 2.05) is 0 Å². The van der Waals surface area contributed by atoms with Crippen molar-refractivity contribution in [3.63, 3.8) is 0 Å². The maximum Gasteiger partial charge on any atom is 0.138 e. The Morgan fingerprint density at radius 3 is 2.22 bits per heavy atom. The number of rotatable bonds is 9. The van der Waals surface area contributed by atoms with E-state index in [1.54, 1.807) is 0 Å². The summed E-state index contributed by atoms with van der Waals surface area (Å²) in [6.45, 7) is 4.38. The molecule has 0 aromatic carbocycles. The van der Waals surface area contributed by atoms with Gasteiger partial charge in [-0.1, -0.05) is 71.6 Å². The number of hydrogen-bond acceptors (Lipinski definition) is 1. The second kappa shape index (κ2) is 9.58. The molecule has 0 N–H and O–H groups in total. The maximum absolute atomic E-state index is 12.0. The molecule has 0 bridgehead atoms. The highest BCUT2D eigenvalue weighted by Gasteiger charge is 2.27. The summed E-state index contributed by atoms with van der Waals surface area (Å²) in [6.07, 6.45) is 15.7. The molecule has 0 aromatic rings. The minimum absolute atomic E-state index is 0.345. The van der Waals surface area contributed by atoms with Crippen molar-refractivity contribution < 1.29 is 4.79 Å². The van der Waals surface area contributed by atoms with E-state index in [4.69, 9.17) is 0 Å². The molecule has 0 unspecified atom stereocenters. The molecule has 2 atom stereocenters. The Morgan fingerprint density at radius 1 is 0.944 bits per heavy atom. The van der Waals surface area contributed by atoms with Gasteiger partial charge in [-0.3, -0.25) is 4.79 Å². The lowest BCUT2D eigenvalue weighted by atomic mass is 9.79. The van der Waals surface area contributed by atoms with Crippen LogP contribution >= 0.6 is 0 Å². The largest absolute Gasteiger partial charge is 0.299 e. The molecule has 0 radical (unpaired) electrons. The van der Waals surface area contributed by atoms with Crippen LogP contribution in [0.25, 0.3) is 0 Å². The van der Waals surface area contributed by atoms with Gasteiger partial charge in [-0.05, 0) is 19.3 Å². The topological polar surface area (TPSA) is 17.1 Å². The Bertz CT molecular complexity index is 222. The van der Waals surface area contributed by atoms with Crippen LogP contribution in [0.3, 0.4) is 0 Å². The molecular formula is C17H32O. The predicted molar refractivity (Wildman–Crippen MR) is 78.7 cm³/mol. The van der Waals surface area contributed by atoms with Gasteiger partial charge in [-0.25, -0.2) is 0 Å². The third-order valence-electron chi connectivity index (χ3n) is 4.48. The van der Waals surface area contributed by atoms with E-state index in [2.05, 4.69) is 13.8 Å². The lowest BCUT2D eigenvalue weighted by Gasteiger charge is -2.25. The zero-order chi connectivity index (χ0) is 13.2. The molecule has 0 saturated heterocycles. The first kappa shape index (κ1) is 15.7. The third-order valence-corrected chi connectivity index (χ3v) is 4.48. The van der Waals surface area contributed by atoms with Crippen LogP contribution in [-0.4, -0.2) is 5.78 Å². The van der Waals surface area contributed by atoms with Gasteiger partial charge in [0.15, 0.2) is 0 Å². The molecular weight excluding hydrogens is 220 g/mol. The van der Waals surface area contributed by atoms with E-state index in [0.29, 0.717) is 17.6 Å². The first-order chi connectivity index (χ1) is 8.75. The predicted octanol–water partition coefficient (Wildman–Crippen LogP) is 5.52. The van der Waals surface area contributed by atoms with Crippen LogP contribution in [0.2, 0.25) is 0 Å². The summed E-state index contributed by atoms with van der Waals surface area (Å²) in [4.78, 5) is 12.0. The summed E-state index contributed by atoms with van der Waals surface area (Å²) < 4.78 is 0. The number of carbonyl (C=O) groups excluding carboxylic acids is 1. The molecule has 0 heterocycles. The summed E-state index contributed by atoms with van der Waals surface area (Å²) >= 11 is 0. The van der Waals surface area contributed by atoms with E-state index in [-0.39, 0.29) is 0 Å². The molecule has 18 heavy (non-hydrogen) atoms. The second-order valence-corrected chi connectivity index (χ2v) is 6.19. The number of Topliss-reactive ketones (excluding diaryl/α,β-unsaturated/α-hetero) is 1. The fraction of sp³-hybridized carbons (Fsp3) is 0.941. The molecule has 1 nitrogen and oxygen atoms in total. The second-order valence-electron chi connectivity index (χ2n) is 6.19. The molecule has 0 aliphatic heterocycles. The minimum Gasteiger partial charge on any atom is -0.299 e. The van der Waals surface area contributed by atoms with Crippen molar-refractivity contribution in [3.8, 4) is 0 Å². The van der Waals surface area contributed by atoms with Crippen molar-refractivity contribution in [1.29, 1.82) is 0 Å². The Hall–Kier alpha value is -0.330. The van der Waals surface area contributed by atoms with Crippen LogP contribution in [0.15, 0.2) is 0 Å². The number of carbonyl (C=O) groups is 1. The Morgan fingerprint density at radius 2 is 1.56 bits per heavy atom. The molecule has 1 heteroatoms. The summed E-state index contributed by atoms with van der Waals surface area (Å²) in [5.41, 5.74) is 0. The lowest BCUT2D eigenvalue weighted by molar-refractivity contribution is -0.128. The molecule has 0 spiro atoms. The zero-order valence-corrected chi connectivity index (χ0v) is 12.5. The number of unbranched alkanes of at least 4 members (excludes halogenated alkanes) is 7. The van der Waals surface area contributed by atoms with Crippen LogP contribution in [0.5, 0.6) is 0 Å². The van der Waals surface area contributed by atoms with Crippen LogP contribution in [0.4, 0.5) is 0 Å². The smallest absolute Gasteiger partial charge is 0.138 e. The van der Waals surface area contributed by atoms with Gasteiger partial charge in [0.2, 0.25) is 0 Å². The van der Waals surface area contributed by atoms with Crippen molar-refractivity contribution >= 4 is 5.78 Å². The first-order valence-electron chi connectivity index (χ1n) is 8.29. The normalized spacial score (nSPS) is 24.4. The van der Waals surface area contributed by atoms with Gasteiger partial charge in [0, 0.05) is 11.8 Å². The molecule has 0 amide bonds. The van der Waals surface area contributed by atoms with Crippen molar-refractivity contribution in [2.75, 3.05) is 0 Å². The molecule has 1 rings (SSSR count). The molecule has 1 aliphatic rings. The lowest BCUT2D eigenvalue weighted by Crippen LogP contribution is -2.26. The van der Waals surface area contributed by atoms with Crippen LogP contribution in [-0.2, 0) is 4.79 Å². The Labute approximate surface area is 114 Å². The fourth-order valence-electron chi connectivity index (χ4n) is 3.17. The van der Waals surface area contributed by atoms with Crippen LogP contribution in [0, 0.1) is 11.8 Å². The minimum atomic E-state index is 0.345. The highest BCUT2D eigenvalue weighted by atomic mass is 16.1. The summed E-state index contributed by atoms with van der Waals surface area (Å²) in [5, 5.41) is 0. The van der Waals surface area contributed by atoms with Crippen molar-refractivity contribution in [2.45, 2.75) is 90.9 Å². The van der Waals surface area contributed by atoms with E-state index in [9.17, 15) is 4.79 Å². The van der Waals surface area contributed by atoms with Gasteiger partial charge in [-0.2, -0.15) is 0 Å². The summed E-state index contributed by atoms with van der Waals surface area (Å²) in [7, 11) is 0. The highest BCUT2D eigenvalue weighted by molar-refractivity contribution is 5.83. The zero-order valence-electron chi connectivity index (χ0n) is 12.5. The molecule has 1 aliphatic carbocycles. The average molecular weight is 252 g/mol. The van der Waals surface area contributed by atoms with E-state index in [0.717, 1.165) is 12.8 Å². The van der Waals surface area contributed by atoms with Gasteiger partial charge >= 0.3 is 0 Å². The standard InChI is InChI=1S/C17H32O/c1-3-4-5-6-7-8-9-10-13-16-14-11-12-15(2)17(16)18/h15-16H,3-14H2,1-2H3/t15-,16+/m1/s1. The van der Waals surface area contributed by atoms with E-state index in [1.165, 1.54) is 64.2 Å². The van der Waals surface area contributed by atoms with Crippen molar-refractivity contribution in [2.24, 2.45) is 11.8 Å². The number of hydrogen-bond donors (Lipinski definition) is 0. The van der Waals surface area contributed by atoms with Gasteiger partial charge in [0.1, 0.15) is 5.78 Å².